The van der Waals surface area contributed by atoms with E-state index in [-0.39, 0.29) is 0 Å². The molecule has 0 bridgehead atoms. The molecule has 1 aromatic carbocycles. The summed E-state index contributed by atoms with van der Waals surface area (Å²) in [6.07, 6.45) is 1.74. The number of hydrogen-bond acceptors (Lipinski definition) is 4. The zero-order valence-corrected chi connectivity index (χ0v) is 16.7. The highest BCUT2D eigenvalue weighted by atomic mass is 35.5. The Morgan fingerprint density at radius 1 is 1.26 bits per heavy atom. The van der Waals surface area contributed by atoms with Crippen LogP contribution in [0.5, 0.6) is 0 Å². The average Bonchev–Trinajstić information content (AvgIpc) is 2.99. The molecule has 27 heavy (non-hydrogen) atoms. The topological polar surface area (TPSA) is 37.2 Å². The van der Waals surface area contributed by atoms with Crippen LogP contribution in [0.2, 0.25) is 5.02 Å². The van der Waals surface area contributed by atoms with Gasteiger partial charge in [-0.1, -0.05) is 30.3 Å². The van der Waals surface area contributed by atoms with E-state index < -0.39 is 0 Å². The highest BCUT2D eigenvalue weighted by Gasteiger charge is 2.25. The maximum Gasteiger partial charge on any atom is 0.142 e. The lowest BCUT2D eigenvalue weighted by atomic mass is 10.1. The first kappa shape index (κ1) is 17.9. The second-order valence-electron chi connectivity index (χ2n) is 7.23. The van der Waals surface area contributed by atoms with Gasteiger partial charge in [-0.25, -0.2) is 9.97 Å². The van der Waals surface area contributed by atoms with Crippen LogP contribution in [0.1, 0.15) is 13.8 Å². The van der Waals surface area contributed by atoms with Crippen LogP contribution in [0.4, 0.5) is 5.82 Å². The summed E-state index contributed by atoms with van der Waals surface area (Å²) in [6, 6.07) is 10.5. The Kier molecular flexibility index (Phi) is 4.56. The number of para-hydroxylation sites is 2. The number of halogens is 1. The number of aromatic nitrogens is 3. The van der Waals surface area contributed by atoms with Crippen LogP contribution in [-0.4, -0.2) is 45.1 Å². The van der Waals surface area contributed by atoms with Crippen LogP contribution >= 0.6 is 11.6 Å². The average molecular weight is 382 g/mol. The maximum atomic E-state index is 6.52. The standard InChI is InChI=1S/C21H24ClN5/c1-14(2)26-9-10-27(15(3)13-26)20-11-16(17(22)12-23-20)21-24-18-7-5-6-8-19(18)25(21)4/h5-8,11-12,15H,1,9-10,13H2,2-4H3/t15-/m0/s1. The van der Waals surface area contributed by atoms with Crippen LogP contribution in [0.25, 0.3) is 22.4 Å². The van der Waals surface area contributed by atoms with Gasteiger partial charge in [0.1, 0.15) is 11.6 Å². The summed E-state index contributed by atoms with van der Waals surface area (Å²) in [4.78, 5) is 14.1. The Morgan fingerprint density at radius 2 is 2.04 bits per heavy atom. The first-order chi connectivity index (χ1) is 13.0. The van der Waals surface area contributed by atoms with Gasteiger partial charge in [-0.3, -0.25) is 0 Å². The molecular weight excluding hydrogens is 358 g/mol. The summed E-state index contributed by atoms with van der Waals surface area (Å²) in [5.74, 6) is 1.80. The second kappa shape index (κ2) is 6.89. The molecule has 1 fully saturated rings. The van der Waals surface area contributed by atoms with Crippen LogP contribution < -0.4 is 4.90 Å². The second-order valence-corrected chi connectivity index (χ2v) is 7.64. The molecule has 5 nitrogen and oxygen atoms in total. The molecule has 140 valence electrons. The third kappa shape index (κ3) is 3.16. The molecule has 1 saturated heterocycles. The van der Waals surface area contributed by atoms with Crippen LogP contribution in [0.3, 0.4) is 0 Å². The van der Waals surface area contributed by atoms with Crippen molar-refractivity contribution < 1.29 is 0 Å². The van der Waals surface area contributed by atoms with Crippen molar-refractivity contribution in [1.82, 2.24) is 19.4 Å². The van der Waals surface area contributed by atoms with Crippen molar-refractivity contribution in [2.45, 2.75) is 19.9 Å². The van der Waals surface area contributed by atoms with Crippen molar-refractivity contribution >= 4 is 28.5 Å². The number of anilines is 1. The van der Waals surface area contributed by atoms with Crippen molar-refractivity contribution in [3.05, 3.63) is 53.8 Å². The summed E-state index contributed by atoms with van der Waals surface area (Å²) in [7, 11) is 2.02. The number of aryl methyl sites for hydroxylation is 1. The number of pyridine rings is 1. The number of fused-ring (bicyclic) bond motifs is 1. The molecule has 2 aromatic heterocycles. The minimum Gasteiger partial charge on any atom is -0.372 e. The molecule has 3 heterocycles. The first-order valence-electron chi connectivity index (χ1n) is 9.20. The molecule has 3 aromatic rings. The molecule has 1 aliphatic rings. The molecule has 4 rings (SSSR count). The third-order valence-electron chi connectivity index (χ3n) is 5.33. The van der Waals surface area contributed by atoms with Crippen LogP contribution in [-0.2, 0) is 7.05 Å². The molecular formula is C21H24ClN5. The molecule has 0 N–H and O–H groups in total. The molecule has 0 saturated carbocycles. The summed E-state index contributed by atoms with van der Waals surface area (Å²) >= 11 is 6.52. The molecule has 0 radical (unpaired) electrons. The Bertz CT molecular complexity index is 1010. The summed E-state index contributed by atoms with van der Waals surface area (Å²) in [5.41, 5.74) is 4.08. The number of nitrogens with zero attached hydrogens (tertiary/aromatic N) is 5. The van der Waals surface area contributed by atoms with E-state index in [2.05, 4.69) is 51.9 Å². The third-order valence-corrected chi connectivity index (χ3v) is 5.63. The van der Waals surface area contributed by atoms with E-state index in [4.69, 9.17) is 16.6 Å². The van der Waals surface area contributed by atoms with E-state index in [9.17, 15) is 0 Å². The van der Waals surface area contributed by atoms with Crippen LogP contribution in [0.15, 0.2) is 48.8 Å². The Labute approximate surface area is 164 Å². The molecule has 0 spiro atoms. The number of imidazole rings is 1. The van der Waals surface area contributed by atoms with Crippen molar-refractivity contribution in [1.29, 1.82) is 0 Å². The normalized spacial score (nSPS) is 17.6. The highest BCUT2D eigenvalue weighted by Crippen LogP contribution is 2.32. The van der Waals surface area contributed by atoms with E-state index in [1.165, 1.54) is 0 Å². The van der Waals surface area contributed by atoms with Crippen molar-refractivity contribution in [2.24, 2.45) is 7.05 Å². The maximum absolute atomic E-state index is 6.52. The molecule has 1 atom stereocenters. The fourth-order valence-corrected chi connectivity index (χ4v) is 3.98. The smallest absolute Gasteiger partial charge is 0.142 e. The zero-order valence-electron chi connectivity index (χ0n) is 16.0. The lowest BCUT2D eigenvalue weighted by molar-refractivity contribution is 0.284. The van der Waals surface area contributed by atoms with E-state index in [1.807, 2.05) is 25.2 Å². The summed E-state index contributed by atoms with van der Waals surface area (Å²) in [5, 5.41) is 0.616. The lowest BCUT2D eigenvalue weighted by Crippen LogP contribution is -2.51. The van der Waals surface area contributed by atoms with Gasteiger partial charge in [0.2, 0.25) is 0 Å². The Balaban J connectivity index is 1.72. The first-order valence-corrected chi connectivity index (χ1v) is 9.58. The number of benzene rings is 1. The van der Waals surface area contributed by atoms with Gasteiger partial charge < -0.3 is 14.4 Å². The van der Waals surface area contributed by atoms with Gasteiger partial charge in [-0.2, -0.15) is 0 Å². The summed E-state index contributed by atoms with van der Waals surface area (Å²) < 4.78 is 2.09. The fourth-order valence-electron chi connectivity index (χ4n) is 3.79. The number of allylic oxidation sites excluding steroid dienone is 1. The lowest BCUT2D eigenvalue weighted by Gasteiger charge is -2.41. The van der Waals surface area contributed by atoms with Crippen molar-refractivity contribution in [3.63, 3.8) is 0 Å². The quantitative estimate of drug-likeness (QED) is 0.676. The number of piperazine rings is 1. The van der Waals surface area contributed by atoms with Gasteiger partial charge in [0, 0.05) is 50.2 Å². The molecule has 0 aliphatic carbocycles. The van der Waals surface area contributed by atoms with E-state index >= 15 is 0 Å². The predicted octanol–water partition coefficient (Wildman–Crippen LogP) is 4.33. The van der Waals surface area contributed by atoms with Gasteiger partial charge in [0.25, 0.3) is 0 Å². The van der Waals surface area contributed by atoms with Gasteiger partial charge >= 0.3 is 0 Å². The number of hydrogen-bond donors (Lipinski definition) is 0. The van der Waals surface area contributed by atoms with Gasteiger partial charge in [0.05, 0.1) is 16.1 Å². The SMILES string of the molecule is C=C(C)N1CCN(c2cc(-c3nc4ccccc4n3C)c(Cl)cn2)[C@@H](C)C1. The van der Waals surface area contributed by atoms with Crippen molar-refractivity contribution in [2.75, 3.05) is 24.5 Å². The molecule has 1 aliphatic heterocycles. The molecule has 0 amide bonds. The number of rotatable bonds is 3. The van der Waals surface area contributed by atoms with Gasteiger partial charge in [0.15, 0.2) is 0 Å². The van der Waals surface area contributed by atoms with Crippen molar-refractivity contribution in [3.8, 4) is 11.4 Å². The molecule has 0 unspecified atom stereocenters. The predicted molar refractivity (Wildman–Crippen MR) is 112 cm³/mol. The zero-order chi connectivity index (χ0) is 19.1. The molecule has 6 heteroatoms. The minimum absolute atomic E-state index is 0.345. The van der Waals surface area contributed by atoms with Gasteiger partial charge in [-0.15, -0.1) is 0 Å². The summed E-state index contributed by atoms with van der Waals surface area (Å²) in [6.45, 7) is 11.2. The van der Waals surface area contributed by atoms with E-state index in [0.29, 0.717) is 11.1 Å². The minimum atomic E-state index is 0.345. The largest absolute Gasteiger partial charge is 0.372 e. The van der Waals surface area contributed by atoms with E-state index in [1.54, 1.807) is 6.20 Å². The Hall–Kier alpha value is -2.53. The fraction of sp³-hybridized carbons (Fsp3) is 0.333. The van der Waals surface area contributed by atoms with Crippen LogP contribution in [0, 0.1) is 0 Å². The Morgan fingerprint density at radius 3 is 2.74 bits per heavy atom. The van der Waals surface area contributed by atoms with E-state index in [0.717, 1.165) is 53.6 Å². The highest BCUT2D eigenvalue weighted by molar-refractivity contribution is 6.33. The van der Waals surface area contributed by atoms with Gasteiger partial charge in [-0.05, 0) is 32.0 Å². The monoisotopic (exact) mass is 381 g/mol.